The molecule has 0 saturated carbocycles. The van der Waals surface area contributed by atoms with E-state index in [1.54, 1.807) is 35.7 Å². The number of aromatic nitrogens is 2. The highest BCUT2D eigenvalue weighted by Crippen LogP contribution is 2.45. The van der Waals surface area contributed by atoms with Crippen molar-refractivity contribution in [3.8, 4) is 10.4 Å². The smallest absolute Gasteiger partial charge is 0.391 e. The molecule has 6 atom stereocenters. The summed E-state index contributed by atoms with van der Waals surface area (Å²) in [5, 5.41) is 23.4. The average molecular weight is 1720 g/mol. The molecular weight excluding hydrogens is 1610 g/mol. The second kappa shape index (κ2) is 39.4. The molecule has 7 aromatic rings. The molecule has 2 aromatic heterocycles. The Kier molecular flexibility index (Phi) is 29.6. The van der Waals surface area contributed by atoms with Crippen LogP contribution in [-0.2, 0) is 39.0 Å². The minimum atomic E-state index is -6.11. The number of ether oxygens (including phenoxy) is 1. The Balaban J connectivity index is 0.577. The molecule has 5 aliphatic rings. The Hall–Kier alpha value is -8.50. The minimum absolute atomic E-state index is 0.00899. The van der Waals surface area contributed by atoms with Crippen LogP contribution >= 0.6 is 34.7 Å². The van der Waals surface area contributed by atoms with Gasteiger partial charge in [-0.1, -0.05) is 106 Å². The molecule has 0 radical (unpaired) electrons. The summed E-state index contributed by atoms with van der Waals surface area (Å²) in [6.07, 6.45) is 6.11. The normalized spacial score (nSPS) is 19.6. The number of nitrogens with zero attached hydrogens (tertiary/aromatic N) is 8. The highest BCUT2D eigenvalue weighted by Gasteiger charge is 2.49. The van der Waals surface area contributed by atoms with Gasteiger partial charge < -0.3 is 45.8 Å². The van der Waals surface area contributed by atoms with Gasteiger partial charge in [-0.2, -0.15) is 13.2 Å². The first-order valence-electron chi connectivity index (χ1n) is 40.4. The molecule has 12 rings (SSSR count). The van der Waals surface area contributed by atoms with Crippen LogP contribution in [0.1, 0.15) is 136 Å². The fraction of sp³-hybridized carbons (Fsp3) is 0.477. The van der Waals surface area contributed by atoms with Gasteiger partial charge in [0.25, 0.3) is 31.7 Å². The number of hydrogen-bond donors (Lipinski definition) is 6. The van der Waals surface area contributed by atoms with E-state index in [1.807, 2.05) is 118 Å². The molecule has 4 aliphatic heterocycles. The van der Waals surface area contributed by atoms with Crippen LogP contribution in [0.4, 0.5) is 30.2 Å². The van der Waals surface area contributed by atoms with Gasteiger partial charge in [0.05, 0.1) is 63.9 Å². The van der Waals surface area contributed by atoms with Crippen LogP contribution in [0.5, 0.6) is 0 Å². The molecule has 24 nitrogen and oxygen atoms in total. The number of halogens is 4. The lowest BCUT2D eigenvalue weighted by molar-refractivity contribution is -0.144. The number of nitrogens with one attached hydrogen (secondary N) is 5. The highest BCUT2D eigenvalue weighted by atomic mass is 35.5. The van der Waals surface area contributed by atoms with Crippen molar-refractivity contribution in [2.45, 2.75) is 150 Å². The average Bonchev–Trinajstić information content (AvgIpc) is 0.908. The van der Waals surface area contributed by atoms with Crippen molar-refractivity contribution >= 4 is 107 Å². The number of benzene rings is 5. The molecular formula is C86H107ClF3N13O11S4. The van der Waals surface area contributed by atoms with Gasteiger partial charge in [-0.15, -0.1) is 23.1 Å². The molecule has 5 aromatic carbocycles. The summed E-state index contributed by atoms with van der Waals surface area (Å²) < 4.78 is 105. The number of morpholine rings is 1. The number of amides is 5. The van der Waals surface area contributed by atoms with E-state index in [1.165, 1.54) is 39.9 Å². The van der Waals surface area contributed by atoms with E-state index in [2.05, 4.69) is 74.8 Å². The van der Waals surface area contributed by atoms with Gasteiger partial charge in [0, 0.05) is 144 Å². The standard InChI is InChI=1S/C86H107ClF3N13O11S4/c1-58(60-16-18-62(19-17-60)78-59(2)93-57-116-78)94-82(108)75-49-69(104)54-103(75)83(109)79(84(3,4)5)96-77(105)15-11-8-12-35-91-81(107)74-30-28-68(52-92-74)102-43-39-100(40-44-102)56-85(6)34-32-72(61-20-24-65(87)25-21-61)64(51-85)53-99-37-41-101(42-38-99)67-26-22-63(23-27-67)80(106)97-118(112,113)71-29-31-73(76(50-71)117(110,111)86(88,89)90)95-66(33-36-98-45-47-114-48-46-98)55-115-70-13-9-7-10-14-70/h7,9-10,13-14,16-31,50,52,57-58,66,69,75,79,95,104H,8,11-12,15,32-49,51,53-56H2,1-6H3,(H,91,107)(H,94,108)(H,96,105)(H,97,106)/t58-,66+,69+,75-,79+,85?/m0/s1. The molecule has 0 spiro atoms. The largest absolute Gasteiger partial charge is 0.501 e. The Morgan fingerprint density at radius 3 is 2.08 bits per heavy atom. The van der Waals surface area contributed by atoms with Crippen molar-refractivity contribution < 1.29 is 63.8 Å². The third-order valence-electron chi connectivity index (χ3n) is 22.8. The summed E-state index contributed by atoms with van der Waals surface area (Å²) in [7, 11) is -11.0. The number of alkyl halides is 3. The van der Waals surface area contributed by atoms with E-state index >= 15 is 0 Å². The number of aliphatic hydroxyl groups excluding tert-OH is 1. The van der Waals surface area contributed by atoms with Gasteiger partial charge in [0.2, 0.25) is 17.7 Å². The zero-order valence-corrected chi connectivity index (χ0v) is 71.6. The van der Waals surface area contributed by atoms with E-state index < -0.39 is 82.3 Å². The van der Waals surface area contributed by atoms with Gasteiger partial charge in [-0.25, -0.2) is 31.5 Å². The van der Waals surface area contributed by atoms with Crippen LogP contribution < -0.4 is 35.8 Å². The predicted octanol–water partition coefficient (Wildman–Crippen LogP) is 12.1. The van der Waals surface area contributed by atoms with Crippen LogP contribution in [0.15, 0.2) is 165 Å². The summed E-state index contributed by atoms with van der Waals surface area (Å²) in [4.78, 5) is 90.3. The number of piperazine rings is 2. The third kappa shape index (κ3) is 23.1. The lowest BCUT2D eigenvalue weighted by Crippen LogP contribution is -2.57. The summed E-state index contributed by atoms with van der Waals surface area (Å²) in [6, 6.07) is 35.0. The maximum Gasteiger partial charge on any atom is 0.501 e. The first-order chi connectivity index (χ1) is 56.3. The number of sulfone groups is 1. The number of thioether (sulfide) groups is 1. The summed E-state index contributed by atoms with van der Waals surface area (Å²) in [5.74, 6) is -2.11. The minimum Gasteiger partial charge on any atom is -0.391 e. The van der Waals surface area contributed by atoms with Crippen molar-refractivity contribution in [3.05, 3.63) is 184 Å². The molecule has 5 amide bonds. The van der Waals surface area contributed by atoms with Crippen LogP contribution in [-0.4, -0.2) is 228 Å². The number of carbonyl (C=O) groups excluding carboxylic acids is 5. The number of aryl methyl sites for hydroxylation is 1. The number of rotatable bonds is 32. The van der Waals surface area contributed by atoms with Crippen molar-refractivity contribution in [2.24, 2.45) is 10.8 Å². The second-order valence-corrected chi connectivity index (χ2v) is 38.7. The topological polar surface area (TPSA) is 288 Å². The molecule has 1 aliphatic carbocycles. The number of allylic oxidation sites excluding steroid dienone is 1. The van der Waals surface area contributed by atoms with Gasteiger partial charge in [-0.05, 0) is 164 Å². The van der Waals surface area contributed by atoms with Crippen LogP contribution in [0, 0.1) is 17.8 Å². The van der Waals surface area contributed by atoms with Crippen LogP contribution in [0.3, 0.4) is 0 Å². The first kappa shape index (κ1) is 88.8. The van der Waals surface area contributed by atoms with Gasteiger partial charge in [-0.3, -0.25) is 38.7 Å². The van der Waals surface area contributed by atoms with Crippen molar-refractivity contribution in [2.75, 3.05) is 132 Å². The van der Waals surface area contributed by atoms with Crippen LogP contribution in [0.2, 0.25) is 5.02 Å². The Morgan fingerprint density at radius 2 is 1.42 bits per heavy atom. The molecule has 6 N–H and O–H groups in total. The number of sulfonamides is 1. The van der Waals surface area contributed by atoms with Crippen molar-refractivity contribution in [3.63, 3.8) is 0 Å². The summed E-state index contributed by atoms with van der Waals surface area (Å²) in [5.41, 5.74) is 3.65. The number of carbonyl (C=O) groups is 5. The predicted molar refractivity (Wildman–Crippen MR) is 456 cm³/mol. The highest BCUT2D eigenvalue weighted by molar-refractivity contribution is 7.99. The van der Waals surface area contributed by atoms with Crippen molar-refractivity contribution in [1.29, 1.82) is 0 Å². The maximum atomic E-state index is 14.4. The molecule has 1 unspecified atom stereocenters. The molecule has 0 bridgehead atoms. The van der Waals surface area contributed by atoms with E-state index in [9.17, 15) is 59.1 Å². The van der Waals surface area contributed by atoms with E-state index in [0.717, 1.165) is 127 Å². The SMILES string of the molecule is Cc1ncsc1-c1ccc([C@H](C)NC(=O)[C@@H]2C[C@@H](O)CN2C(=O)[C@@H](NC(=O)CCCCCNC(=O)c2ccc(N3CCN(CC4(C)CCC(c5ccc(Cl)cc5)=C(CN5CCN(c6ccc(C(=O)NS(=O)(=O)c7ccc(N[C@H](CCN8CCOCC8)CSc8ccccc8)c(S(=O)(=O)C(F)(F)F)c7)cc6)CC5)C4)CC3)cn2)C(C)(C)C)cc1. The number of thiazole rings is 1. The second-order valence-electron chi connectivity index (χ2n) is 32.7. The molecule has 6 heterocycles. The van der Waals surface area contributed by atoms with Gasteiger partial charge >= 0.3 is 5.51 Å². The molecule has 4 fully saturated rings. The summed E-state index contributed by atoms with van der Waals surface area (Å²) in [6.45, 7) is 22.8. The number of likely N-dealkylation sites (tertiary alicyclic amines) is 1. The fourth-order valence-electron chi connectivity index (χ4n) is 16.1. The van der Waals surface area contributed by atoms with E-state index in [0.29, 0.717) is 101 Å². The number of β-amino-alcohol motifs (C(OH)–C–C–N with tert-alkyl or cyclic N) is 1. The van der Waals surface area contributed by atoms with Gasteiger partial charge in [0.1, 0.15) is 22.7 Å². The number of pyridine rings is 1. The molecule has 634 valence electrons. The van der Waals surface area contributed by atoms with Crippen molar-refractivity contribution in [1.82, 2.24) is 50.2 Å². The third-order valence-corrected chi connectivity index (χ3v) is 28.1. The number of unbranched alkanes of at least 4 members (excludes halogenated alkanes) is 2. The fourth-order valence-corrected chi connectivity index (χ4v) is 20.0. The lowest BCUT2D eigenvalue weighted by atomic mass is 9.71. The zero-order valence-electron chi connectivity index (χ0n) is 67.6. The lowest BCUT2D eigenvalue weighted by Gasteiger charge is -2.44. The Morgan fingerprint density at radius 1 is 0.754 bits per heavy atom. The molecule has 4 saturated heterocycles. The first-order valence-corrected chi connectivity index (χ1v) is 45.6. The molecule has 32 heteroatoms. The number of anilines is 3. The van der Waals surface area contributed by atoms with E-state index in [-0.39, 0.29) is 54.1 Å². The zero-order chi connectivity index (χ0) is 84.1. The monoisotopic (exact) mass is 1720 g/mol. The van der Waals surface area contributed by atoms with Crippen LogP contribution in [0.25, 0.3) is 16.0 Å². The number of hydrogen-bond acceptors (Lipinski definition) is 21. The quantitative estimate of drug-likeness (QED) is 0.0169. The molecule has 118 heavy (non-hydrogen) atoms. The maximum absolute atomic E-state index is 14.4. The van der Waals surface area contributed by atoms with Gasteiger partial charge in [0.15, 0.2) is 0 Å². The Labute approximate surface area is 703 Å². The van der Waals surface area contributed by atoms with E-state index in [4.69, 9.17) is 16.3 Å². The Bertz CT molecular complexity index is 4890. The summed E-state index contributed by atoms with van der Waals surface area (Å²) >= 11 is 9.41. The number of aliphatic hydroxyl groups is 1.